The summed E-state index contributed by atoms with van der Waals surface area (Å²) < 4.78 is 16.8. The minimum absolute atomic E-state index is 0.0643. The van der Waals surface area contributed by atoms with Crippen molar-refractivity contribution in [2.24, 2.45) is 11.8 Å². The van der Waals surface area contributed by atoms with E-state index in [4.69, 9.17) is 14.2 Å². The minimum atomic E-state index is -0.762. The fourth-order valence-corrected chi connectivity index (χ4v) is 8.13. The number of rotatable bonds is 48. The molecule has 0 aromatic rings. The predicted molar refractivity (Wildman–Crippen MR) is 256 cm³/mol. The maximum Gasteiger partial charge on any atom is 0.306 e. The lowest BCUT2D eigenvalue weighted by atomic mass is 10.00. The summed E-state index contributed by atoms with van der Waals surface area (Å²) in [6, 6.07) is 0. The molecule has 0 aliphatic heterocycles. The molecule has 6 nitrogen and oxygen atoms in total. The van der Waals surface area contributed by atoms with Crippen molar-refractivity contribution >= 4 is 17.9 Å². The van der Waals surface area contributed by atoms with Gasteiger partial charge in [-0.1, -0.05) is 259 Å². The van der Waals surface area contributed by atoms with Gasteiger partial charge in [-0.05, 0) is 31.1 Å². The first-order valence-corrected chi connectivity index (χ1v) is 26.8. The molecule has 0 spiro atoms. The van der Waals surface area contributed by atoms with Crippen LogP contribution in [0, 0.1) is 11.8 Å². The molecule has 0 radical (unpaired) electrons. The Morgan fingerprint density at radius 2 is 0.633 bits per heavy atom. The molecule has 0 aromatic carbocycles. The SMILES string of the molecule is CCCCCCCCCCCCCCCC(=O)OC[C@@H](COC(=O)CCCCCCCCCCCCCCCCCCC(C)C)OC(=O)CCCCCCCCC(C)CC. The fourth-order valence-electron chi connectivity index (χ4n) is 8.13. The number of unbranched alkanes of at least 4 members (excludes halogenated alkanes) is 32. The molecule has 2 atom stereocenters. The summed E-state index contributed by atoms with van der Waals surface area (Å²) in [4.78, 5) is 37.9. The van der Waals surface area contributed by atoms with Gasteiger partial charge < -0.3 is 14.2 Å². The van der Waals surface area contributed by atoms with Crippen molar-refractivity contribution in [3.8, 4) is 0 Å². The van der Waals surface area contributed by atoms with Crippen LogP contribution in [0.5, 0.6) is 0 Å². The van der Waals surface area contributed by atoms with Crippen LogP contribution < -0.4 is 0 Å². The van der Waals surface area contributed by atoms with Crippen LogP contribution in [-0.2, 0) is 28.6 Å². The van der Waals surface area contributed by atoms with Gasteiger partial charge in [-0.15, -0.1) is 0 Å². The predicted octanol–water partition coefficient (Wildman–Crippen LogP) is 17.3. The van der Waals surface area contributed by atoms with Crippen molar-refractivity contribution < 1.29 is 28.6 Å². The Labute approximate surface area is 374 Å². The Bertz CT molecular complexity index is 918. The van der Waals surface area contributed by atoms with Crippen molar-refractivity contribution in [1.29, 1.82) is 0 Å². The van der Waals surface area contributed by atoms with E-state index in [9.17, 15) is 14.4 Å². The van der Waals surface area contributed by atoms with E-state index in [1.54, 1.807) is 0 Å². The lowest BCUT2D eigenvalue weighted by molar-refractivity contribution is -0.167. The average Bonchev–Trinajstić information content (AvgIpc) is 3.23. The van der Waals surface area contributed by atoms with Crippen molar-refractivity contribution in [3.63, 3.8) is 0 Å². The summed E-state index contributed by atoms with van der Waals surface area (Å²) in [6.07, 6.45) is 48.1. The lowest BCUT2D eigenvalue weighted by Crippen LogP contribution is -2.30. The van der Waals surface area contributed by atoms with Crippen molar-refractivity contribution in [3.05, 3.63) is 0 Å². The molecular weight excluding hydrogens is 745 g/mol. The highest BCUT2D eigenvalue weighted by molar-refractivity contribution is 5.71. The van der Waals surface area contributed by atoms with E-state index in [-0.39, 0.29) is 31.1 Å². The molecule has 0 fully saturated rings. The number of hydrogen-bond donors (Lipinski definition) is 0. The summed E-state index contributed by atoms with van der Waals surface area (Å²) in [5.41, 5.74) is 0. The molecule has 60 heavy (non-hydrogen) atoms. The minimum Gasteiger partial charge on any atom is -0.462 e. The van der Waals surface area contributed by atoms with Gasteiger partial charge in [0.1, 0.15) is 13.2 Å². The van der Waals surface area contributed by atoms with Gasteiger partial charge in [0.2, 0.25) is 0 Å². The first-order valence-electron chi connectivity index (χ1n) is 26.8. The van der Waals surface area contributed by atoms with Crippen LogP contribution >= 0.6 is 0 Å². The summed E-state index contributed by atoms with van der Waals surface area (Å²) in [5.74, 6) is 0.814. The van der Waals surface area contributed by atoms with Gasteiger partial charge >= 0.3 is 17.9 Å². The molecule has 0 rings (SSSR count). The average molecular weight is 849 g/mol. The Morgan fingerprint density at radius 3 is 0.950 bits per heavy atom. The first-order chi connectivity index (χ1) is 29.3. The summed E-state index contributed by atoms with van der Waals surface area (Å²) >= 11 is 0. The summed E-state index contributed by atoms with van der Waals surface area (Å²) in [5, 5.41) is 0. The van der Waals surface area contributed by atoms with Gasteiger partial charge in [-0.25, -0.2) is 0 Å². The van der Waals surface area contributed by atoms with Crippen molar-refractivity contribution in [2.45, 2.75) is 304 Å². The van der Waals surface area contributed by atoms with E-state index in [2.05, 4.69) is 34.6 Å². The lowest BCUT2D eigenvalue weighted by Gasteiger charge is -2.18. The van der Waals surface area contributed by atoms with Crippen molar-refractivity contribution in [1.82, 2.24) is 0 Å². The molecule has 356 valence electrons. The zero-order valence-corrected chi connectivity index (χ0v) is 41.1. The monoisotopic (exact) mass is 849 g/mol. The zero-order valence-electron chi connectivity index (χ0n) is 41.1. The topological polar surface area (TPSA) is 78.9 Å². The Balaban J connectivity index is 4.23. The molecule has 0 saturated carbocycles. The van der Waals surface area contributed by atoms with E-state index >= 15 is 0 Å². The highest BCUT2D eigenvalue weighted by atomic mass is 16.6. The van der Waals surface area contributed by atoms with E-state index in [1.807, 2.05) is 0 Å². The van der Waals surface area contributed by atoms with Gasteiger partial charge in [0.25, 0.3) is 0 Å². The molecule has 0 saturated heterocycles. The standard InChI is InChI=1S/C54H104O6/c1-6-8-9-10-11-12-13-18-22-25-28-34-39-44-52(55)58-47-51(60-54(57)46-41-36-31-30-33-38-43-50(5)7-2)48-59-53(56)45-40-35-29-26-23-20-17-15-14-16-19-21-24-27-32-37-42-49(3)4/h49-51H,6-48H2,1-5H3/t50?,51-/m0/s1. The van der Waals surface area contributed by atoms with Crippen LogP contribution in [0.1, 0.15) is 298 Å². The second kappa shape index (κ2) is 46.9. The maximum atomic E-state index is 12.8. The third-order valence-electron chi connectivity index (χ3n) is 12.6. The highest BCUT2D eigenvalue weighted by Crippen LogP contribution is 2.18. The summed E-state index contributed by atoms with van der Waals surface area (Å²) in [7, 11) is 0. The first kappa shape index (κ1) is 58.4. The van der Waals surface area contributed by atoms with E-state index in [0.717, 1.165) is 69.6 Å². The third kappa shape index (κ3) is 45.9. The van der Waals surface area contributed by atoms with Crippen LogP contribution in [0.25, 0.3) is 0 Å². The molecule has 6 heteroatoms. The van der Waals surface area contributed by atoms with E-state index < -0.39 is 6.10 Å². The fraction of sp³-hybridized carbons (Fsp3) is 0.944. The molecule has 1 unspecified atom stereocenters. The van der Waals surface area contributed by atoms with Crippen LogP contribution in [-0.4, -0.2) is 37.2 Å². The number of carbonyl (C=O) groups is 3. The van der Waals surface area contributed by atoms with Gasteiger partial charge in [0.05, 0.1) is 0 Å². The number of hydrogen-bond acceptors (Lipinski definition) is 6. The van der Waals surface area contributed by atoms with Crippen LogP contribution in [0.15, 0.2) is 0 Å². The molecule has 0 aromatic heterocycles. The van der Waals surface area contributed by atoms with Crippen LogP contribution in [0.2, 0.25) is 0 Å². The molecule has 0 aliphatic carbocycles. The van der Waals surface area contributed by atoms with Crippen LogP contribution in [0.4, 0.5) is 0 Å². The molecule has 0 amide bonds. The van der Waals surface area contributed by atoms with Crippen LogP contribution in [0.3, 0.4) is 0 Å². The number of carbonyl (C=O) groups excluding carboxylic acids is 3. The second-order valence-electron chi connectivity index (χ2n) is 19.2. The third-order valence-corrected chi connectivity index (χ3v) is 12.6. The number of ether oxygens (including phenoxy) is 3. The molecule has 0 heterocycles. The Hall–Kier alpha value is -1.59. The normalized spacial score (nSPS) is 12.5. The quantitative estimate of drug-likeness (QED) is 0.0345. The van der Waals surface area contributed by atoms with Gasteiger partial charge in [-0.2, -0.15) is 0 Å². The molecule has 0 aliphatic rings. The van der Waals surface area contributed by atoms with E-state index in [1.165, 1.54) is 186 Å². The van der Waals surface area contributed by atoms with Gasteiger partial charge in [0.15, 0.2) is 6.10 Å². The van der Waals surface area contributed by atoms with E-state index in [0.29, 0.717) is 19.3 Å². The highest BCUT2D eigenvalue weighted by Gasteiger charge is 2.19. The second-order valence-corrected chi connectivity index (χ2v) is 19.2. The Morgan fingerprint density at radius 1 is 0.350 bits per heavy atom. The summed E-state index contributed by atoms with van der Waals surface area (Å²) in [6.45, 7) is 11.4. The molecule has 0 bridgehead atoms. The Kier molecular flexibility index (Phi) is 45.7. The van der Waals surface area contributed by atoms with Crippen molar-refractivity contribution in [2.75, 3.05) is 13.2 Å². The largest absolute Gasteiger partial charge is 0.462 e. The molecular formula is C54H104O6. The number of esters is 3. The molecule has 0 N–H and O–H groups in total. The maximum absolute atomic E-state index is 12.8. The van der Waals surface area contributed by atoms with Gasteiger partial charge in [0, 0.05) is 19.3 Å². The van der Waals surface area contributed by atoms with Gasteiger partial charge in [-0.3, -0.25) is 14.4 Å². The zero-order chi connectivity index (χ0) is 44.0. The smallest absolute Gasteiger partial charge is 0.306 e.